The fraction of sp³-hybridized carbons (Fsp3) is 0.357. The molecule has 1 heterocycles. The first kappa shape index (κ1) is 14.5. The lowest BCUT2D eigenvalue weighted by Gasteiger charge is -2.19. The van der Waals surface area contributed by atoms with Crippen molar-refractivity contribution < 1.29 is 14.0 Å². The van der Waals surface area contributed by atoms with Crippen LogP contribution in [0.25, 0.3) is 11.1 Å². The molecule has 2 rings (SSSR count). The second-order valence-electron chi connectivity index (χ2n) is 4.65. The summed E-state index contributed by atoms with van der Waals surface area (Å²) < 4.78 is 15.6. The average Bonchev–Trinajstić information content (AvgIpc) is 2.83. The zero-order valence-corrected chi connectivity index (χ0v) is 12.6. The number of methoxy groups -OCH3 is 2. The fourth-order valence-corrected chi connectivity index (χ4v) is 2.69. The van der Waals surface area contributed by atoms with E-state index in [0.29, 0.717) is 22.1 Å². The molecule has 2 N–H and O–H groups in total. The third-order valence-corrected chi connectivity index (χ3v) is 3.49. The lowest BCUT2D eigenvalue weighted by Crippen LogP contribution is -2.00. The van der Waals surface area contributed by atoms with E-state index in [2.05, 4.69) is 5.16 Å². The topological polar surface area (TPSA) is 70.5 Å². The van der Waals surface area contributed by atoms with Gasteiger partial charge in [0.2, 0.25) is 5.88 Å². The van der Waals surface area contributed by atoms with Crippen molar-refractivity contribution in [1.29, 1.82) is 0 Å². The maximum atomic E-state index is 6.47. The Morgan fingerprint density at radius 2 is 1.95 bits per heavy atom. The summed E-state index contributed by atoms with van der Waals surface area (Å²) in [5, 5.41) is 4.22. The molecule has 1 aromatic heterocycles. The van der Waals surface area contributed by atoms with Gasteiger partial charge in [-0.05, 0) is 23.1 Å². The minimum Gasteiger partial charge on any atom is -0.493 e. The Bertz CT molecular complexity index is 623. The minimum absolute atomic E-state index is 0.173. The highest BCUT2D eigenvalue weighted by Crippen LogP contribution is 2.46. The molecule has 6 heteroatoms. The molecule has 108 valence electrons. The van der Waals surface area contributed by atoms with Crippen molar-refractivity contribution in [2.75, 3.05) is 20.0 Å². The van der Waals surface area contributed by atoms with Crippen LogP contribution in [0.5, 0.6) is 11.5 Å². The molecule has 0 aliphatic heterocycles. The number of nitrogens with two attached hydrogens (primary N) is 1. The first-order chi connectivity index (χ1) is 9.51. The van der Waals surface area contributed by atoms with Crippen LogP contribution in [0.3, 0.4) is 0 Å². The zero-order chi connectivity index (χ0) is 14.9. The molecule has 0 amide bonds. The number of hydrogen-bond acceptors (Lipinski definition) is 5. The van der Waals surface area contributed by atoms with Crippen LogP contribution in [0.15, 0.2) is 16.8 Å². The van der Waals surface area contributed by atoms with E-state index < -0.39 is 0 Å². The van der Waals surface area contributed by atoms with Crippen molar-refractivity contribution in [3.63, 3.8) is 0 Å². The predicted octanol–water partition coefficient (Wildman–Crippen LogP) is 3.72. The Balaban J connectivity index is 2.79. The van der Waals surface area contributed by atoms with Gasteiger partial charge in [-0.1, -0.05) is 30.6 Å². The Labute approximate surface area is 122 Å². The second-order valence-corrected chi connectivity index (χ2v) is 5.02. The molecule has 0 fully saturated rings. The third-order valence-electron chi connectivity index (χ3n) is 3.12. The van der Waals surface area contributed by atoms with Crippen molar-refractivity contribution in [2.45, 2.75) is 19.8 Å². The molecule has 0 bridgehead atoms. The summed E-state index contributed by atoms with van der Waals surface area (Å²) in [6, 6.07) is 1.84. The zero-order valence-electron chi connectivity index (χ0n) is 11.9. The van der Waals surface area contributed by atoms with Gasteiger partial charge in [0.15, 0.2) is 11.5 Å². The summed E-state index contributed by atoms with van der Waals surface area (Å²) in [4.78, 5) is 0. The van der Waals surface area contributed by atoms with E-state index in [-0.39, 0.29) is 11.8 Å². The van der Waals surface area contributed by atoms with E-state index >= 15 is 0 Å². The lowest BCUT2D eigenvalue weighted by molar-refractivity contribution is 0.354. The number of hydrogen-bond donors (Lipinski definition) is 1. The van der Waals surface area contributed by atoms with Gasteiger partial charge in [0.05, 0.1) is 31.0 Å². The molecule has 0 radical (unpaired) electrons. The van der Waals surface area contributed by atoms with Crippen LogP contribution in [0.1, 0.15) is 25.3 Å². The number of aromatic nitrogens is 1. The van der Waals surface area contributed by atoms with Crippen LogP contribution in [0, 0.1) is 0 Å². The number of halogens is 1. The Morgan fingerprint density at radius 1 is 1.25 bits per heavy atom. The molecule has 0 aliphatic carbocycles. The smallest absolute Gasteiger partial charge is 0.229 e. The largest absolute Gasteiger partial charge is 0.493 e. The van der Waals surface area contributed by atoms with E-state index in [1.54, 1.807) is 20.4 Å². The van der Waals surface area contributed by atoms with Gasteiger partial charge in [0.1, 0.15) is 0 Å². The molecule has 0 atom stereocenters. The van der Waals surface area contributed by atoms with Crippen LogP contribution in [-0.2, 0) is 0 Å². The number of nitrogens with zero attached hydrogens (tertiary/aromatic N) is 1. The van der Waals surface area contributed by atoms with Crippen molar-refractivity contribution >= 4 is 17.5 Å². The Morgan fingerprint density at radius 3 is 2.40 bits per heavy atom. The summed E-state index contributed by atoms with van der Waals surface area (Å²) in [6.45, 7) is 4.08. The molecule has 5 nitrogen and oxygen atoms in total. The van der Waals surface area contributed by atoms with E-state index in [1.165, 1.54) is 0 Å². The Hall–Kier alpha value is -1.88. The second kappa shape index (κ2) is 5.63. The highest BCUT2D eigenvalue weighted by Gasteiger charge is 2.23. The van der Waals surface area contributed by atoms with Crippen LogP contribution >= 0.6 is 11.6 Å². The summed E-state index contributed by atoms with van der Waals surface area (Å²) in [6.07, 6.45) is 1.57. The normalized spacial score (nSPS) is 10.9. The number of rotatable bonds is 4. The van der Waals surface area contributed by atoms with Crippen molar-refractivity contribution in [1.82, 2.24) is 5.16 Å². The van der Waals surface area contributed by atoms with Crippen LogP contribution in [0.4, 0.5) is 5.88 Å². The molecule has 0 unspecified atom stereocenters. The molecule has 2 aromatic rings. The average molecular weight is 297 g/mol. The number of benzene rings is 1. The van der Waals surface area contributed by atoms with Gasteiger partial charge in [-0.2, -0.15) is 0 Å². The molecule has 0 spiro atoms. The first-order valence-electron chi connectivity index (χ1n) is 6.16. The van der Waals surface area contributed by atoms with E-state index in [9.17, 15) is 0 Å². The van der Waals surface area contributed by atoms with Gasteiger partial charge in [-0.3, -0.25) is 0 Å². The van der Waals surface area contributed by atoms with Gasteiger partial charge < -0.3 is 19.7 Å². The predicted molar refractivity (Wildman–Crippen MR) is 78.6 cm³/mol. The molecule has 1 aromatic carbocycles. The molecular weight excluding hydrogens is 280 g/mol. The third kappa shape index (κ3) is 2.29. The molecule has 20 heavy (non-hydrogen) atoms. The lowest BCUT2D eigenvalue weighted by atomic mass is 9.93. The summed E-state index contributed by atoms with van der Waals surface area (Å²) in [5.41, 5.74) is 8.25. The van der Waals surface area contributed by atoms with Crippen LogP contribution < -0.4 is 15.2 Å². The van der Waals surface area contributed by atoms with Crippen molar-refractivity contribution in [2.24, 2.45) is 0 Å². The summed E-state index contributed by atoms with van der Waals surface area (Å²) >= 11 is 6.47. The molecular formula is C14H17ClN2O3. The minimum atomic E-state index is 0.173. The Kier molecular flexibility index (Phi) is 4.09. The number of nitrogen functional groups attached to an aromatic ring is 1. The number of anilines is 1. The van der Waals surface area contributed by atoms with Gasteiger partial charge in [0.25, 0.3) is 0 Å². The van der Waals surface area contributed by atoms with Crippen LogP contribution in [-0.4, -0.2) is 19.4 Å². The SMILES string of the molecule is COc1cc(-c2cnoc2N)c(C(C)C)c(Cl)c1OC. The highest BCUT2D eigenvalue weighted by molar-refractivity contribution is 6.33. The molecule has 0 aliphatic rings. The first-order valence-corrected chi connectivity index (χ1v) is 6.53. The summed E-state index contributed by atoms with van der Waals surface area (Å²) in [7, 11) is 3.12. The van der Waals surface area contributed by atoms with Gasteiger partial charge in [0, 0.05) is 0 Å². The molecule has 0 saturated heterocycles. The maximum Gasteiger partial charge on any atom is 0.229 e. The van der Waals surface area contributed by atoms with Crippen molar-refractivity contribution in [3.05, 3.63) is 22.8 Å². The van der Waals surface area contributed by atoms with Crippen molar-refractivity contribution in [3.8, 4) is 22.6 Å². The van der Waals surface area contributed by atoms with E-state index in [4.69, 9.17) is 31.3 Å². The van der Waals surface area contributed by atoms with Gasteiger partial charge in [-0.15, -0.1) is 0 Å². The van der Waals surface area contributed by atoms with Gasteiger partial charge in [-0.25, -0.2) is 0 Å². The fourth-order valence-electron chi connectivity index (χ4n) is 2.20. The summed E-state index contributed by atoms with van der Waals surface area (Å²) in [5.74, 6) is 1.47. The van der Waals surface area contributed by atoms with Crippen LogP contribution in [0.2, 0.25) is 5.02 Å². The van der Waals surface area contributed by atoms with E-state index in [1.807, 2.05) is 19.9 Å². The monoisotopic (exact) mass is 296 g/mol. The maximum absolute atomic E-state index is 6.47. The standard InChI is InChI=1S/C14H17ClN2O3/c1-7(2)11-8(9-6-17-20-14(9)16)5-10(18-3)13(19-4)12(11)15/h5-7H,16H2,1-4H3. The number of ether oxygens (including phenoxy) is 2. The quantitative estimate of drug-likeness (QED) is 0.931. The van der Waals surface area contributed by atoms with Gasteiger partial charge >= 0.3 is 0 Å². The molecule has 0 saturated carbocycles. The van der Waals surface area contributed by atoms with E-state index in [0.717, 1.165) is 11.1 Å². The highest BCUT2D eigenvalue weighted by atomic mass is 35.5.